The molecule has 1 aliphatic carbocycles. The first-order chi connectivity index (χ1) is 15.6. The zero-order valence-corrected chi connectivity index (χ0v) is 18.3. The second-order valence-corrected chi connectivity index (χ2v) is 8.01. The lowest BCUT2D eigenvalue weighted by atomic mass is 10.0. The van der Waals surface area contributed by atoms with Crippen molar-refractivity contribution in [1.82, 2.24) is 10.3 Å². The molecule has 0 spiro atoms. The molecule has 1 aliphatic rings. The minimum atomic E-state index is -0.947. The van der Waals surface area contributed by atoms with Gasteiger partial charge in [0.15, 0.2) is 5.76 Å². The Morgan fingerprint density at radius 2 is 2.00 bits per heavy atom. The summed E-state index contributed by atoms with van der Waals surface area (Å²) in [7, 11) is 1.54. The van der Waals surface area contributed by atoms with Gasteiger partial charge in [0.05, 0.1) is 19.1 Å². The van der Waals surface area contributed by atoms with Crippen LogP contribution in [-0.2, 0) is 4.79 Å². The Morgan fingerprint density at radius 3 is 2.66 bits per heavy atom. The van der Waals surface area contributed by atoms with Crippen molar-refractivity contribution in [2.75, 3.05) is 12.0 Å². The zero-order valence-electron chi connectivity index (χ0n) is 18.3. The van der Waals surface area contributed by atoms with Gasteiger partial charge in [-0.2, -0.15) is 0 Å². The van der Waals surface area contributed by atoms with Crippen molar-refractivity contribution in [1.29, 1.82) is 0 Å². The molecule has 0 unspecified atom stereocenters. The number of anilines is 1. The summed E-state index contributed by atoms with van der Waals surface area (Å²) in [5.41, 5.74) is 2.02. The van der Waals surface area contributed by atoms with E-state index < -0.39 is 11.9 Å². The number of amides is 2. The maximum absolute atomic E-state index is 13.7. The van der Waals surface area contributed by atoms with Gasteiger partial charge < -0.3 is 14.5 Å². The standard InChI is InChI=1S/C25H27N3O4/c1-17-11-12-21(31-2)20(15-17)28(25(30)22-10-6-14-32-22)23(18-7-5-13-26-16-18)24(29)27-19-8-3-4-9-19/h5-7,10-16,19,23H,3-4,8-9H2,1-2H3,(H,27,29)/t23-/m1/s1. The van der Waals surface area contributed by atoms with Crippen molar-refractivity contribution in [3.63, 3.8) is 0 Å². The van der Waals surface area contributed by atoms with E-state index in [-0.39, 0.29) is 17.7 Å². The smallest absolute Gasteiger partial charge is 0.295 e. The average molecular weight is 434 g/mol. The molecule has 2 aromatic heterocycles. The quantitative estimate of drug-likeness (QED) is 0.596. The Labute approximate surface area is 187 Å². The average Bonchev–Trinajstić information content (AvgIpc) is 3.52. The summed E-state index contributed by atoms with van der Waals surface area (Å²) in [5, 5.41) is 3.15. The molecule has 1 saturated carbocycles. The molecule has 4 rings (SSSR count). The Hall–Kier alpha value is -3.61. The van der Waals surface area contributed by atoms with Crippen molar-refractivity contribution in [3.8, 4) is 5.75 Å². The van der Waals surface area contributed by atoms with Crippen LogP contribution in [-0.4, -0.2) is 29.9 Å². The number of nitrogens with one attached hydrogen (secondary N) is 1. The summed E-state index contributed by atoms with van der Waals surface area (Å²) in [4.78, 5) is 33.0. The lowest BCUT2D eigenvalue weighted by Gasteiger charge is -2.32. The van der Waals surface area contributed by atoms with Crippen molar-refractivity contribution in [2.45, 2.75) is 44.7 Å². The summed E-state index contributed by atoms with van der Waals surface area (Å²) < 4.78 is 11.0. The number of aryl methyl sites for hydroxylation is 1. The predicted octanol–water partition coefficient (Wildman–Crippen LogP) is 4.44. The molecular formula is C25H27N3O4. The van der Waals surface area contributed by atoms with E-state index in [9.17, 15) is 9.59 Å². The fourth-order valence-corrected chi connectivity index (χ4v) is 4.18. The van der Waals surface area contributed by atoms with Crippen LogP contribution in [0.2, 0.25) is 0 Å². The predicted molar refractivity (Wildman–Crippen MR) is 121 cm³/mol. The van der Waals surface area contributed by atoms with E-state index in [0.717, 1.165) is 31.2 Å². The topological polar surface area (TPSA) is 84.7 Å². The van der Waals surface area contributed by atoms with Gasteiger partial charge in [0.1, 0.15) is 11.8 Å². The minimum Gasteiger partial charge on any atom is -0.495 e. The van der Waals surface area contributed by atoms with Gasteiger partial charge in [-0.3, -0.25) is 19.5 Å². The number of methoxy groups -OCH3 is 1. The van der Waals surface area contributed by atoms with Crippen LogP contribution in [0.5, 0.6) is 5.75 Å². The van der Waals surface area contributed by atoms with Crippen LogP contribution in [0.15, 0.2) is 65.5 Å². The molecule has 7 heteroatoms. The molecule has 3 aromatic rings. The number of furan rings is 1. The first-order valence-corrected chi connectivity index (χ1v) is 10.8. The lowest BCUT2D eigenvalue weighted by Crippen LogP contribution is -2.46. The van der Waals surface area contributed by atoms with Crippen LogP contribution >= 0.6 is 0 Å². The molecule has 0 bridgehead atoms. The summed E-state index contributed by atoms with van der Waals surface area (Å²) in [5.74, 6) is -0.0723. The Kier molecular flexibility index (Phi) is 6.54. The number of rotatable bonds is 7. The molecule has 1 atom stereocenters. The Bertz CT molecular complexity index is 1060. The fourth-order valence-electron chi connectivity index (χ4n) is 4.18. The Balaban J connectivity index is 1.85. The molecule has 166 valence electrons. The van der Waals surface area contributed by atoms with Crippen molar-refractivity contribution >= 4 is 17.5 Å². The highest BCUT2D eigenvalue weighted by molar-refractivity contribution is 6.09. The molecule has 1 fully saturated rings. The normalized spacial score (nSPS) is 14.7. The molecule has 7 nitrogen and oxygen atoms in total. The Morgan fingerprint density at radius 1 is 1.19 bits per heavy atom. The molecule has 0 radical (unpaired) electrons. The number of pyridine rings is 1. The van der Waals surface area contributed by atoms with E-state index in [0.29, 0.717) is 17.0 Å². The van der Waals surface area contributed by atoms with Crippen LogP contribution in [0, 0.1) is 6.92 Å². The van der Waals surface area contributed by atoms with Crippen LogP contribution in [0.1, 0.15) is 53.4 Å². The largest absolute Gasteiger partial charge is 0.495 e. The van der Waals surface area contributed by atoms with Gasteiger partial charge in [0.25, 0.3) is 5.91 Å². The van der Waals surface area contributed by atoms with Crippen LogP contribution in [0.3, 0.4) is 0 Å². The summed E-state index contributed by atoms with van der Waals surface area (Å²) in [6.45, 7) is 1.93. The molecule has 0 aliphatic heterocycles. The number of hydrogen-bond acceptors (Lipinski definition) is 5. The first kappa shape index (κ1) is 21.6. The van der Waals surface area contributed by atoms with Crippen molar-refractivity contribution in [3.05, 3.63) is 78.0 Å². The van der Waals surface area contributed by atoms with E-state index in [1.54, 1.807) is 49.8 Å². The number of aromatic nitrogens is 1. The number of nitrogens with zero attached hydrogens (tertiary/aromatic N) is 2. The van der Waals surface area contributed by atoms with Gasteiger partial charge in [-0.05, 0) is 55.7 Å². The number of benzene rings is 1. The number of carbonyl (C=O) groups is 2. The number of carbonyl (C=O) groups excluding carboxylic acids is 2. The van der Waals surface area contributed by atoms with Gasteiger partial charge in [-0.25, -0.2) is 0 Å². The zero-order chi connectivity index (χ0) is 22.5. The number of hydrogen-bond donors (Lipinski definition) is 1. The van der Waals surface area contributed by atoms with Gasteiger partial charge in [0, 0.05) is 24.0 Å². The summed E-state index contributed by atoms with van der Waals surface area (Å²) in [6.07, 6.45) is 8.74. The van der Waals surface area contributed by atoms with Gasteiger partial charge >= 0.3 is 0 Å². The summed E-state index contributed by atoms with van der Waals surface area (Å²) >= 11 is 0. The molecular weight excluding hydrogens is 406 g/mol. The highest BCUT2D eigenvalue weighted by atomic mass is 16.5. The van der Waals surface area contributed by atoms with Gasteiger partial charge in [-0.1, -0.05) is 25.0 Å². The third kappa shape index (κ3) is 4.51. The first-order valence-electron chi connectivity index (χ1n) is 10.8. The highest BCUT2D eigenvalue weighted by Crippen LogP contribution is 2.37. The fraction of sp³-hybridized carbons (Fsp3) is 0.320. The third-order valence-electron chi connectivity index (χ3n) is 5.75. The molecule has 1 aromatic carbocycles. The number of ether oxygens (including phenoxy) is 1. The molecule has 2 amide bonds. The summed E-state index contributed by atoms with van der Waals surface area (Å²) in [6, 6.07) is 11.5. The molecule has 1 N–H and O–H groups in total. The monoisotopic (exact) mass is 433 g/mol. The maximum Gasteiger partial charge on any atom is 0.295 e. The minimum absolute atomic E-state index is 0.0987. The third-order valence-corrected chi connectivity index (χ3v) is 5.75. The van der Waals surface area contributed by atoms with Crippen molar-refractivity contribution < 1.29 is 18.7 Å². The van der Waals surface area contributed by atoms with Crippen LogP contribution in [0.4, 0.5) is 5.69 Å². The molecule has 0 saturated heterocycles. The van der Waals surface area contributed by atoms with Gasteiger partial charge in [0.2, 0.25) is 5.91 Å². The van der Waals surface area contributed by atoms with Crippen LogP contribution in [0.25, 0.3) is 0 Å². The van der Waals surface area contributed by atoms with Crippen LogP contribution < -0.4 is 15.0 Å². The SMILES string of the molecule is COc1ccc(C)cc1N(C(=O)c1ccco1)[C@@H](C(=O)NC1CCCC1)c1cccnc1. The van der Waals surface area contributed by atoms with E-state index in [1.165, 1.54) is 11.2 Å². The van der Waals surface area contributed by atoms with E-state index in [4.69, 9.17) is 9.15 Å². The van der Waals surface area contributed by atoms with E-state index in [1.807, 2.05) is 19.1 Å². The van der Waals surface area contributed by atoms with E-state index >= 15 is 0 Å². The highest BCUT2D eigenvalue weighted by Gasteiger charge is 2.37. The second kappa shape index (κ2) is 9.68. The maximum atomic E-state index is 13.7. The van der Waals surface area contributed by atoms with Gasteiger partial charge in [-0.15, -0.1) is 0 Å². The van der Waals surface area contributed by atoms with Crippen molar-refractivity contribution in [2.24, 2.45) is 0 Å². The second-order valence-electron chi connectivity index (χ2n) is 8.01. The molecule has 2 heterocycles. The van der Waals surface area contributed by atoms with E-state index in [2.05, 4.69) is 10.3 Å². The lowest BCUT2D eigenvalue weighted by molar-refractivity contribution is -0.123. The molecule has 32 heavy (non-hydrogen) atoms.